The molecule has 0 aromatic heterocycles. The molecular weight excluding hydrogens is 330 g/mol. The summed E-state index contributed by atoms with van der Waals surface area (Å²) >= 11 is 0. The lowest BCUT2D eigenvalue weighted by atomic mass is 9.76. The minimum Gasteiger partial charge on any atom is -0.373 e. The fourth-order valence-electron chi connectivity index (χ4n) is 4.60. The van der Waals surface area contributed by atoms with E-state index in [1.165, 1.54) is 33.0 Å². The molecule has 3 aromatic rings. The molecule has 1 atom stereocenters. The van der Waals surface area contributed by atoms with Crippen LogP contribution in [0.1, 0.15) is 48.9 Å². The lowest BCUT2D eigenvalue weighted by Crippen LogP contribution is -2.27. The first-order valence-corrected chi connectivity index (χ1v) is 9.90. The first-order valence-electron chi connectivity index (χ1n) is 9.90. The summed E-state index contributed by atoms with van der Waals surface area (Å²) in [6.45, 7) is 2.17. The Labute approximate surface area is 159 Å². The maximum atomic E-state index is 13.0. The lowest BCUT2D eigenvalue weighted by Gasteiger charge is -2.35. The lowest BCUT2D eigenvalue weighted by molar-refractivity contribution is -0.116. The topological polar surface area (TPSA) is 29.1 Å². The van der Waals surface area contributed by atoms with Crippen LogP contribution in [0.15, 0.2) is 66.2 Å². The van der Waals surface area contributed by atoms with Crippen molar-refractivity contribution >= 4 is 27.8 Å². The van der Waals surface area contributed by atoms with Gasteiger partial charge < -0.3 is 5.32 Å². The minimum absolute atomic E-state index is 0.0487. The average Bonchev–Trinajstić information content (AvgIpc) is 2.73. The maximum Gasteiger partial charge on any atom is 0.161 e. The van der Waals surface area contributed by atoms with Gasteiger partial charge in [0, 0.05) is 23.2 Å². The van der Waals surface area contributed by atoms with Crippen LogP contribution in [0, 0.1) is 0 Å². The molecule has 27 heavy (non-hydrogen) atoms. The van der Waals surface area contributed by atoms with Crippen LogP contribution >= 0.6 is 0 Å². The third-order valence-corrected chi connectivity index (χ3v) is 6.00. The van der Waals surface area contributed by atoms with E-state index in [0.717, 1.165) is 30.5 Å². The molecule has 2 aliphatic rings. The predicted octanol–water partition coefficient (Wildman–Crippen LogP) is 6.08. The van der Waals surface area contributed by atoms with Crippen molar-refractivity contribution < 1.29 is 4.79 Å². The number of anilines is 1. The van der Waals surface area contributed by atoms with Crippen LogP contribution in [0.2, 0.25) is 0 Å². The Morgan fingerprint density at radius 3 is 2.59 bits per heavy atom. The summed E-state index contributed by atoms with van der Waals surface area (Å²) < 4.78 is 0. The predicted molar refractivity (Wildman–Crippen MR) is 112 cm³/mol. The van der Waals surface area contributed by atoms with E-state index >= 15 is 0 Å². The van der Waals surface area contributed by atoms with Gasteiger partial charge in [-0.05, 0) is 52.8 Å². The summed E-state index contributed by atoms with van der Waals surface area (Å²) in [7, 11) is 0. The first-order chi connectivity index (χ1) is 13.3. The van der Waals surface area contributed by atoms with Crippen molar-refractivity contribution in [2.75, 3.05) is 5.32 Å². The largest absolute Gasteiger partial charge is 0.373 e. The molecule has 0 saturated carbocycles. The monoisotopic (exact) mass is 353 g/mol. The number of allylic oxidation sites excluding steroid dienone is 1. The molecule has 0 bridgehead atoms. The van der Waals surface area contributed by atoms with Crippen LogP contribution in [0.4, 0.5) is 5.69 Å². The van der Waals surface area contributed by atoms with Crippen molar-refractivity contribution in [1.82, 2.24) is 0 Å². The Kier molecular flexibility index (Phi) is 3.86. The van der Waals surface area contributed by atoms with Crippen LogP contribution in [-0.4, -0.2) is 5.78 Å². The smallest absolute Gasteiger partial charge is 0.161 e. The van der Waals surface area contributed by atoms with E-state index in [9.17, 15) is 4.79 Å². The molecule has 3 aromatic carbocycles. The first kappa shape index (κ1) is 16.3. The summed E-state index contributed by atoms with van der Waals surface area (Å²) in [5.41, 5.74) is 7.11. The molecule has 0 unspecified atom stereocenters. The Morgan fingerprint density at radius 2 is 1.78 bits per heavy atom. The third-order valence-electron chi connectivity index (χ3n) is 6.00. The van der Waals surface area contributed by atoms with E-state index in [2.05, 4.69) is 72.9 Å². The maximum absolute atomic E-state index is 13.0. The number of hydrogen-bond acceptors (Lipinski definition) is 2. The van der Waals surface area contributed by atoms with E-state index < -0.39 is 0 Å². The molecule has 1 heterocycles. The zero-order chi connectivity index (χ0) is 18.4. The number of hydrogen-bond donors (Lipinski definition) is 1. The standard InChI is InChI=1S/C25H23NO/c1-2-16-10-12-18(13-11-16)25-24-20(8-5-9-22(24)27)23-19-7-4-3-6-17(19)14-15-21(23)26-25/h3-4,6-7,10-15,25-26H,2,5,8-9H2,1H3/t25-/m0/s1. The minimum atomic E-state index is -0.0487. The molecule has 134 valence electrons. The normalized spacial score (nSPS) is 18.9. The van der Waals surface area contributed by atoms with Crippen LogP contribution < -0.4 is 5.32 Å². The Bertz CT molecular complexity index is 1080. The number of Topliss-reactive ketones (excluding diaryl/α,β-unsaturated/α-hetero) is 1. The van der Waals surface area contributed by atoms with Gasteiger partial charge in [0.2, 0.25) is 0 Å². The van der Waals surface area contributed by atoms with E-state index in [-0.39, 0.29) is 6.04 Å². The highest BCUT2D eigenvalue weighted by atomic mass is 16.1. The number of rotatable bonds is 2. The highest BCUT2D eigenvalue weighted by molar-refractivity contribution is 6.12. The molecule has 2 heteroatoms. The molecule has 2 nitrogen and oxygen atoms in total. The number of ketones is 1. The van der Waals surface area contributed by atoms with Gasteiger partial charge in [-0.15, -0.1) is 0 Å². The number of nitrogens with one attached hydrogen (secondary N) is 1. The highest BCUT2D eigenvalue weighted by Crippen LogP contribution is 2.47. The van der Waals surface area contributed by atoms with Gasteiger partial charge >= 0.3 is 0 Å². The van der Waals surface area contributed by atoms with Crippen LogP contribution in [0.5, 0.6) is 0 Å². The molecule has 0 spiro atoms. The Balaban J connectivity index is 1.73. The highest BCUT2D eigenvalue weighted by Gasteiger charge is 2.34. The summed E-state index contributed by atoms with van der Waals surface area (Å²) in [6, 6.07) is 21.5. The van der Waals surface area contributed by atoms with Crippen molar-refractivity contribution in [1.29, 1.82) is 0 Å². The van der Waals surface area contributed by atoms with E-state index in [0.29, 0.717) is 12.2 Å². The third kappa shape index (κ3) is 2.59. The summed E-state index contributed by atoms with van der Waals surface area (Å²) in [5, 5.41) is 6.16. The molecular formula is C25H23NO. The summed E-state index contributed by atoms with van der Waals surface area (Å²) in [6.07, 6.45) is 3.61. The molecule has 1 N–H and O–H groups in total. The molecule has 5 rings (SSSR count). The van der Waals surface area contributed by atoms with Crippen molar-refractivity contribution in [2.45, 2.75) is 38.6 Å². The average molecular weight is 353 g/mol. The van der Waals surface area contributed by atoms with Crippen molar-refractivity contribution in [3.05, 3.63) is 82.9 Å². The zero-order valence-electron chi connectivity index (χ0n) is 15.6. The molecule has 1 aliphatic carbocycles. The van der Waals surface area contributed by atoms with Crippen molar-refractivity contribution in [3.63, 3.8) is 0 Å². The quantitative estimate of drug-likeness (QED) is 0.605. The second kappa shape index (κ2) is 6.38. The molecule has 0 radical (unpaired) electrons. The van der Waals surface area contributed by atoms with Gasteiger partial charge in [0.1, 0.15) is 0 Å². The van der Waals surface area contributed by atoms with Crippen molar-refractivity contribution in [3.8, 4) is 0 Å². The molecule has 0 amide bonds. The Hall–Kier alpha value is -2.87. The van der Waals surface area contributed by atoms with Crippen LogP contribution in [0.3, 0.4) is 0 Å². The van der Waals surface area contributed by atoms with Gasteiger partial charge in [0.05, 0.1) is 6.04 Å². The van der Waals surface area contributed by atoms with Gasteiger partial charge in [-0.25, -0.2) is 0 Å². The van der Waals surface area contributed by atoms with E-state index in [1.54, 1.807) is 0 Å². The van der Waals surface area contributed by atoms with Crippen molar-refractivity contribution in [2.24, 2.45) is 0 Å². The van der Waals surface area contributed by atoms with Gasteiger partial charge in [-0.3, -0.25) is 4.79 Å². The van der Waals surface area contributed by atoms with Gasteiger partial charge in [-0.1, -0.05) is 61.5 Å². The second-order valence-electron chi connectivity index (χ2n) is 7.55. The molecule has 0 saturated heterocycles. The van der Waals surface area contributed by atoms with Gasteiger partial charge in [-0.2, -0.15) is 0 Å². The number of benzene rings is 3. The number of carbonyl (C=O) groups is 1. The fraction of sp³-hybridized carbons (Fsp3) is 0.240. The van der Waals surface area contributed by atoms with Crippen LogP contribution in [-0.2, 0) is 11.2 Å². The summed E-state index contributed by atoms with van der Waals surface area (Å²) in [4.78, 5) is 13.0. The van der Waals surface area contributed by atoms with Gasteiger partial charge in [0.15, 0.2) is 5.78 Å². The zero-order valence-corrected chi connectivity index (χ0v) is 15.6. The number of fused-ring (bicyclic) bond motifs is 4. The summed E-state index contributed by atoms with van der Waals surface area (Å²) in [5.74, 6) is 0.298. The van der Waals surface area contributed by atoms with E-state index in [1.807, 2.05) is 0 Å². The van der Waals surface area contributed by atoms with Crippen LogP contribution in [0.25, 0.3) is 16.3 Å². The molecule has 0 fully saturated rings. The number of aryl methyl sites for hydroxylation is 1. The van der Waals surface area contributed by atoms with Gasteiger partial charge in [0.25, 0.3) is 0 Å². The Morgan fingerprint density at radius 1 is 0.963 bits per heavy atom. The SMILES string of the molecule is CCc1ccc([C@@H]2Nc3ccc4ccccc4c3C3=C2C(=O)CCC3)cc1. The van der Waals surface area contributed by atoms with E-state index in [4.69, 9.17) is 0 Å². The second-order valence-corrected chi connectivity index (χ2v) is 7.55. The molecule has 1 aliphatic heterocycles. The fourth-order valence-corrected chi connectivity index (χ4v) is 4.60. The number of carbonyl (C=O) groups excluding carboxylic acids is 1.